The maximum Gasteiger partial charge on any atom is 0.144 e. The van der Waals surface area contributed by atoms with Gasteiger partial charge >= 0.3 is 0 Å². The third kappa shape index (κ3) is 2.51. The van der Waals surface area contributed by atoms with Crippen LogP contribution in [0.2, 0.25) is 0 Å². The first-order chi connectivity index (χ1) is 13.1. The largest absolute Gasteiger partial charge is 0.393 e. The number of nitrogens with zero attached hydrogens (tertiary/aromatic N) is 4. The van der Waals surface area contributed by atoms with Crippen LogP contribution in [0, 0.1) is 24.2 Å². The topological polar surface area (TPSA) is 90.5 Å². The molecule has 3 heterocycles. The Balaban J connectivity index is 1.62. The second kappa shape index (κ2) is 5.93. The number of hydrogen-bond donors (Lipinski definition) is 2. The van der Waals surface area contributed by atoms with E-state index in [0.29, 0.717) is 12.0 Å². The summed E-state index contributed by atoms with van der Waals surface area (Å²) in [4.78, 5) is 12.4. The minimum absolute atomic E-state index is 0.0526. The van der Waals surface area contributed by atoms with Crippen molar-refractivity contribution in [3.8, 4) is 17.5 Å². The number of benzene rings is 1. The Morgan fingerprint density at radius 1 is 1.22 bits per heavy atom. The first kappa shape index (κ1) is 16.0. The fourth-order valence-corrected chi connectivity index (χ4v) is 4.11. The van der Waals surface area contributed by atoms with Crippen LogP contribution in [0.1, 0.15) is 24.4 Å². The molecular formula is C21H18N5O. The van der Waals surface area contributed by atoms with E-state index in [0.717, 1.165) is 39.7 Å². The zero-order valence-corrected chi connectivity index (χ0v) is 14.6. The number of aromatic amines is 1. The molecule has 0 saturated heterocycles. The van der Waals surface area contributed by atoms with Gasteiger partial charge in [-0.3, -0.25) is 0 Å². The molecule has 0 aliphatic heterocycles. The van der Waals surface area contributed by atoms with Gasteiger partial charge in [0.05, 0.1) is 29.1 Å². The molecule has 1 fully saturated rings. The highest BCUT2D eigenvalue weighted by Crippen LogP contribution is 2.37. The van der Waals surface area contributed by atoms with Crippen molar-refractivity contribution in [1.82, 2.24) is 19.5 Å². The van der Waals surface area contributed by atoms with E-state index in [1.165, 1.54) is 0 Å². The van der Waals surface area contributed by atoms with Crippen molar-refractivity contribution in [2.45, 2.75) is 25.0 Å². The summed E-state index contributed by atoms with van der Waals surface area (Å²) in [5.74, 6) is 0.0526. The lowest BCUT2D eigenvalue weighted by molar-refractivity contribution is 0.149. The van der Waals surface area contributed by atoms with E-state index in [9.17, 15) is 5.11 Å². The van der Waals surface area contributed by atoms with Crippen LogP contribution in [0.3, 0.4) is 0 Å². The zero-order valence-electron chi connectivity index (χ0n) is 14.6. The second-order valence-electron chi connectivity index (χ2n) is 7.23. The van der Waals surface area contributed by atoms with Crippen LogP contribution in [-0.2, 0) is 0 Å². The summed E-state index contributed by atoms with van der Waals surface area (Å²) in [5.41, 5.74) is 4.12. The van der Waals surface area contributed by atoms with E-state index in [2.05, 4.69) is 32.5 Å². The number of aliphatic hydroxyl groups is 1. The molecule has 1 saturated carbocycles. The lowest BCUT2D eigenvalue weighted by Gasteiger charge is -2.13. The van der Waals surface area contributed by atoms with Gasteiger partial charge in [-0.1, -0.05) is 6.07 Å². The summed E-state index contributed by atoms with van der Waals surface area (Å²) in [5, 5.41) is 21.2. The third-order valence-electron chi connectivity index (χ3n) is 5.54. The minimum atomic E-state index is -0.364. The lowest BCUT2D eigenvalue weighted by atomic mass is 10.1. The normalized spacial score (nSPS) is 22.5. The van der Waals surface area contributed by atoms with E-state index >= 15 is 0 Å². The van der Waals surface area contributed by atoms with Crippen molar-refractivity contribution in [2.24, 2.45) is 5.92 Å². The van der Waals surface area contributed by atoms with Gasteiger partial charge in [0.25, 0.3) is 0 Å². The number of aliphatic hydroxyl groups excluding tert-OH is 1. The van der Waals surface area contributed by atoms with Gasteiger partial charge < -0.3 is 14.7 Å². The van der Waals surface area contributed by atoms with Crippen molar-refractivity contribution in [2.75, 3.05) is 0 Å². The number of fused-ring (bicyclic) bond motifs is 2. The number of aromatic nitrogens is 4. The summed E-state index contributed by atoms with van der Waals surface area (Å²) < 4.78 is 2.13. The van der Waals surface area contributed by atoms with E-state index < -0.39 is 0 Å². The molecule has 1 aliphatic rings. The van der Waals surface area contributed by atoms with Crippen molar-refractivity contribution < 1.29 is 5.11 Å². The maximum absolute atomic E-state index is 10.1. The second-order valence-corrected chi connectivity index (χ2v) is 7.23. The van der Waals surface area contributed by atoms with Gasteiger partial charge in [-0.2, -0.15) is 5.26 Å². The average Bonchev–Trinajstić information content (AvgIpc) is 3.37. The molecule has 1 aromatic carbocycles. The van der Waals surface area contributed by atoms with Crippen LogP contribution in [0.25, 0.3) is 33.3 Å². The number of H-pyrrole nitrogens is 1. The molecule has 2 N–H and O–H groups in total. The highest BCUT2D eigenvalue weighted by atomic mass is 16.3. The fourth-order valence-electron chi connectivity index (χ4n) is 4.11. The monoisotopic (exact) mass is 356 g/mol. The molecule has 1 radical (unpaired) electrons. The molecule has 27 heavy (non-hydrogen) atoms. The summed E-state index contributed by atoms with van der Waals surface area (Å²) >= 11 is 0. The van der Waals surface area contributed by atoms with Gasteiger partial charge in [-0.25, -0.2) is 9.97 Å². The fraction of sp³-hybridized carbons (Fsp3) is 0.238. The molecule has 6 nitrogen and oxygen atoms in total. The van der Waals surface area contributed by atoms with Crippen LogP contribution in [0.4, 0.5) is 0 Å². The number of nitriles is 1. The van der Waals surface area contributed by atoms with Gasteiger partial charge in [0, 0.05) is 28.5 Å². The molecule has 4 aromatic rings. The highest BCUT2D eigenvalue weighted by Gasteiger charge is 2.31. The van der Waals surface area contributed by atoms with Gasteiger partial charge in [0.15, 0.2) is 0 Å². The smallest absolute Gasteiger partial charge is 0.144 e. The molecule has 0 amide bonds. The van der Waals surface area contributed by atoms with Crippen molar-refractivity contribution in [1.29, 1.82) is 5.26 Å². The van der Waals surface area contributed by atoms with Gasteiger partial charge in [-0.05, 0) is 49.9 Å². The number of nitrogens with one attached hydrogen (secondary N) is 1. The number of rotatable bonds is 2. The molecule has 133 valence electrons. The van der Waals surface area contributed by atoms with Crippen LogP contribution < -0.4 is 0 Å². The molecule has 0 bridgehead atoms. The first-order valence-corrected chi connectivity index (χ1v) is 9.00. The molecule has 6 heteroatoms. The quantitative estimate of drug-likeness (QED) is 0.574. The SMILES string of the molecule is [CH2][C@H]1C[C@@H](n2ccc3c(-c4cc5ccc(C#N)cc5[nH]4)ncnc32)C[C@@H]1O. The van der Waals surface area contributed by atoms with Crippen LogP contribution in [-0.4, -0.2) is 30.7 Å². The van der Waals surface area contributed by atoms with Crippen molar-refractivity contribution in [3.05, 3.63) is 55.3 Å². The Kier molecular flexibility index (Phi) is 3.52. The standard InChI is InChI=1S/C21H18N5O/c1-12-6-15(9-19(12)27)26-5-4-16-20(23-11-24-21(16)26)18-8-14-3-2-13(10-22)7-17(14)25-18/h2-5,7-8,11-12,15,19,25,27H,1,6,9H2/t12-,15+,19-/m0/s1. The maximum atomic E-state index is 10.1. The van der Waals surface area contributed by atoms with Gasteiger partial charge in [0.2, 0.25) is 0 Å². The molecular weight excluding hydrogens is 338 g/mol. The van der Waals surface area contributed by atoms with E-state index in [-0.39, 0.29) is 18.1 Å². The van der Waals surface area contributed by atoms with E-state index in [1.807, 2.05) is 36.5 Å². The Hall–Kier alpha value is -3.17. The van der Waals surface area contributed by atoms with Crippen LogP contribution in [0.5, 0.6) is 0 Å². The Bertz CT molecular complexity index is 1190. The Morgan fingerprint density at radius 2 is 2.11 bits per heavy atom. The number of hydrogen-bond acceptors (Lipinski definition) is 4. The summed E-state index contributed by atoms with van der Waals surface area (Å²) in [7, 11) is 0. The summed E-state index contributed by atoms with van der Waals surface area (Å²) in [6, 6.07) is 12.0. The van der Waals surface area contributed by atoms with Crippen LogP contribution in [0.15, 0.2) is 42.9 Å². The third-order valence-corrected chi connectivity index (χ3v) is 5.54. The Labute approximate surface area is 156 Å². The van der Waals surface area contributed by atoms with E-state index in [1.54, 1.807) is 6.33 Å². The first-order valence-electron chi connectivity index (χ1n) is 9.00. The lowest BCUT2D eigenvalue weighted by Crippen LogP contribution is -2.09. The highest BCUT2D eigenvalue weighted by molar-refractivity contribution is 5.94. The minimum Gasteiger partial charge on any atom is -0.393 e. The van der Waals surface area contributed by atoms with Gasteiger partial charge in [0.1, 0.15) is 12.0 Å². The summed E-state index contributed by atoms with van der Waals surface area (Å²) in [6.07, 6.45) is 4.77. The molecule has 1 aliphatic carbocycles. The Morgan fingerprint density at radius 3 is 2.89 bits per heavy atom. The zero-order chi connectivity index (χ0) is 18.5. The predicted octanol–water partition coefficient (Wildman–Crippen LogP) is 3.60. The molecule has 0 unspecified atom stereocenters. The molecule has 0 spiro atoms. The molecule has 3 aromatic heterocycles. The summed E-state index contributed by atoms with van der Waals surface area (Å²) in [6.45, 7) is 4.04. The van der Waals surface area contributed by atoms with Crippen molar-refractivity contribution in [3.63, 3.8) is 0 Å². The molecule has 5 rings (SSSR count). The van der Waals surface area contributed by atoms with Crippen LogP contribution >= 0.6 is 0 Å². The van der Waals surface area contributed by atoms with Crippen molar-refractivity contribution >= 4 is 21.9 Å². The average molecular weight is 356 g/mol. The predicted molar refractivity (Wildman–Crippen MR) is 103 cm³/mol. The van der Waals surface area contributed by atoms with Gasteiger partial charge in [-0.15, -0.1) is 0 Å². The van der Waals surface area contributed by atoms with E-state index in [4.69, 9.17) is 5.26 Å². The molecule has 3 atom stereocenters.